The molecule has 0 aromatic heterocycles. The van der Waals surface area contributed by atoms with Crippen LogP contribution in [-0.2, 0) is 14.3 Å². The van der Waals surface area contributed by atoms with Gasteiger partial charge >= 0.3 is 11.9 Å². The molecule has 0 saturated heterocycles. The van der Waals surface area contributed by atoms with Crippen LogP contribution in [0, 0.1) is 11.3 Å². The van der Waals surface area contributed by atoms with Crippen LogP contribution in [0.1, 0.15) is 26.7 Å². The fourth-order valence-electron chi connectivity index (χ4n) is 1.50. The lowest BCUT2D eigenvalue weighted by Crippen LogP contribution is -2.38. The van der Waals surface area contributed by atoms with Gasteiger partial charge in [-0.05, 0) is 12.8 Å². The number of esters is 1. The van der Waals surface area contributed by atoms with Crippen LogP contribution in [0.3, 0.4) is 0 Å². The highest BCUT2D eigenvalue weighted by Gasteiger charge is 2.40. The van der Waals surface area contributed by atoms with Crippen LogP contribution in [0.15, 0.2) is 0 Å². The van der Waals surface area contributed by atoms with Gasteiger partial charge in [-0.3, -0.25) is 9.59 Å². The summed E-state index contributed by atoms with van der Waals surface area (Å²) in [5, 5.41) is 18.0. The second-order valence-electron chi connectivity index (χ2n) is 3.73. The first-order valence-corrected chi connectivity index (χ1v) is 4.85. The van der Waals surface area contributed by atoms with Gasteiger partial charge in [0.1, 0.15) is 0 Å². The van der Waals surface area contributed by atoms with E-state index in [9.17, 15) is 14.7 Å². The third-order valence-corrected chi connectivity index (χ3v) is 2.72. The van der Waals surface area contributed by atoms with Gasteiger partial charge < -0.3 is 14.9 Å². The summed E-state index contributed by atoms with van der Waals surface area (Å²) in [5.74, 6) is -2.22. The number of ether oxygens (including phenoxy) is 1. The molecule has 5 nitrogen and oxygen atoms in total. The lowest BCUT2D eigenvalue weighted by Gasteiger charge is -2.28. The zero-order valence-electron chi connectivity index (χ0n) is 9.32. The van der Waals surface area contributed by atoms with Crippen molar-refractivity contribution in [3.8, 4) is 0 Å². The zero-order chi connectivity index (χ0) is 12.1. The summed E-state index contributed by atoms with van der Waals surface area (Å²) in [7, 11) is 1.23. The van der Waals surface area contributed by atoms with Gasteiger partial charge in [0, 0.05) is 0 Å². The molecule has 2 atom stereocenters. The number of hydrogen-bond acceptors (Lipinski definition) is 4. The molecule has 0 aliphatic rings. The maximum atomic E-state index is 11.5. The van der Waals surface area contributed by atoms with E-state index in [4.69, 9.17) is 5.11 Å². The summed E-state index contributed by atoms with van der Waals surface area (Å²) in [5.41, 5.74) is -1.09. The number of carboxylic acids is 1. The maximum absolute atomic E-state index is 11.5. The first-order valence-electron chi connectivity index (χ1n) is 4.85. The molecular weight excluding hydrogens is 200 g/mol. The van der Waals surface area contributed by atoms with Crippen molar-refractivity contribution in [2.24, 2.45) is 11.3 Å². The molecule has 0 radical (unpaired) electrons. The Balaban J connectivity index is 4.79. The molecule has 2 unspecified atom stereocenters. The quantitative estimate of drug-likeness (QED) is 0.640. The molecule has 15 heavy (non-hydrogen) atoms. The van der Waals surface area contributed by atoms with Crippen molar-refractivity contribution >= 4 is 11.9 Å². The number of carbonyl (C=O) groups is 2. The lowest BCUT2D eigenvalue weighted by molar-refractivity contribution is -0.158. The van der Waals surface area contributed by atoms with Gasteiger partial charge in [-0.25, -0.2) is 0 Å². The van der Waals surface area contributed by atoms with E-state index in [0.717, 1.165) is 0 Å². The first-order chi connectivity index (χ1) is 6.93. The molecule has 0 aromatic rings. The van der Waals surface area contributed by atoms with Gasteiger partial charge in [0.2, 0.25) is 0 Å². The largest absolute Gasteiger partial charge is 0.481 e. The van der Waals surface area contributed by atoms with Crippen LogP contribution >= 0.6 is 0 Å². The summed E-state index contributed by atoms with van der Waals surface area (Å²) in [4.78, 5) is 22.2. The first kappa shape index (κ1) is 13.9. The number of rotatable bonds is 6. The van der Waals surface area contributed by atoms with Crippen LogP contribution in [0.4, 0.5) is 0 Å². The number of aliphatic carboxylic acids is 1. The molecule has 88 valence electrons. The average molecular weight is 218 g/mol. The third kappa shape index (κ3) is 3.20. The van der Waals surface area contributed by atoms with Crippen LogP contribution in [0.25, 0.3) is 0 Å². The highest BCUT2D eigenvalue weighted by molar-refractivity contribution is 5.78. The Morgan fingerprint density at radius 1 is 1.47 bits per heavy atom. The van der Waals surface area contributed by atoms with Crippen molar-refractivity contribution in [1.82, 2.24) is 0 Å². The zero-order valence-corrected chi connectivity index (χ0v) is 9.32. The summed E-state index contributed by atoms with van der Waals surface area (Å²) in [6.45, 7) is 2.83. The summed E-state index contributed by atoms with van der Waals surface area (Å²) < 4.78 is 4.59. The number of aliphatic hydroxyl groups is 1. The smallest absolute Gasteiger partial charge is 0.314 e. The molecule has 0 fully saturated rings. The average Bonchev–Trinajstić information content (AvgIpc) is 2.24. The number of hydrogen-bond donors (Lipinski definition) is 2. The van der Waals surface area contributed by atoms with Crippen LogP contribution in [0.2, 0.25) is 0 Å². The van der Waals surface area contributed by atoms with E-state index in [1.807, 2.05) is 0 Å². The van der Waals surface area contributed by atoms with Crippen molar-refractivity contribution in [3.63, 3.8) is 0 Å². The van der Waals surface area contributed by atoms with E-state index < -0.39 is 29.9 Å². The SMILES string of the molecule is CCC(CO)(CC(C)C(=O)O)C(=O)OC. The van der Waals surface area contributed by atoms with Crippen LogP contribution in [0.5, 0.6) is 0 Å². The fourth-order valence-corrected chi connectivity index (χ4v) is 1.50. The van der Waals surface area contributed by atoms with E-state index >= 15 is 0 Å². The summed E-state index contributed by atoms with van der Waals surface area (Å²) in [6.07, 6.45) is 0.440. The molecule has 0 rings (SSSR count). The van der Waals surface area contributed by atoms with Crippen molar-refractivity contribution in [3.05, 3.63) is 0 Å². The molecule has 0 heterocycles. The Hall–Kier alpha value is -1.10. The molecule has 2 N–H and O–H groups in total. The molecule has 0 amide bonds. The Kier molecular flexibility index (Phi) is 5.28. The van der Waals surface area contributed by atoms with Crippen molar-refractivity contribution in [2.45, 2.75) is 26.7 Å². The van der Waals surface area contributed by atoms with Gasteiger partial charge in [-0.2, -0.15) is 0 Å². The second kappa shape index (κ2) is 5.70. The number of carboxylic acid groups (broad SMARTS) is 1. The summed E-state index contributed by atoms with van der Waals surface area (Å²) in [6, 6.07) is 0. The standard InChI is InChI=1S/C10H18O5/c1-4-10(6-11,9(14)15-3)5-7(2)8(12)13/h7,11H,4-6H2,1-3H3,(H,12,13). The fraction of sp³-hybridized carbons (Fsp3) is 0.800. The summed E-state index contributed by atoms with van der Waals surface area (Å²) >= 11 is 0. The Morgan fingerprint density at radius 2 is 2.00 bits per heavy atom. The van der Waals surface area contributed by atoms with Crippen molar-refractivity contribution in [2.75, 3.05) is 13.7 Å². The number of methoxy groups -OCH3 is 1. The molecule has 0 spiro atoms. The minimum Gasteiger partial charge on any atom is -0.481 e. The molecule has 5 heteroatoms. The van der Waals surface area contributed by atoms with Gasteiger partial charge in [0.15, 0.2) is 0 Å². The molecule has 0 saturated carbocycles. The number of aliphatic hydroxyl groups excluding tert-OH is 1. The van der Waals surface area contributed by atoms with Gasteiger partial charge in [0.05, 0.1) is 25.0 Å². The highest BCUT2D eigenvalue weighted by Crippen LogP contribution is 2.31. The Bertz CT molecular complexity index is 232. The predicted molar refractivity (Wildman–Crippen MR) is 53.2 cm³/mol. The van der Waals surface area contributed by atoms with Crippen LogP contribution < -0.4 is 0 Å². The minimum atomic E-state index is -1.09. The van der Waals surface area contributed by atoms with Gasteiger partial charge in [-0.15, -0.1) is 0 Å². The molecule has 0 aromatic carbocycles. The maximum Gasteiger partial charge on any atom is 0.314 e. The second-order valence-corrected chi connectivity index (χ2v) is 3.73. The molecule has 0 aliphatic carbocycles. The normalized spacial score (nSPS) is 16.5. The van der Waals surface area contributed by atoms with Crippen molar-refractivity contribution in [1.29, 1.82) is 0 Å². The van der Waals surface area contributed by atoms with E-state index in [1.165, 1.54) is 14.0 Å². The lowest BCUT2D eigenvalue weighted by atomic mass is 9.78. The van der Waals surface area contributed by atoms with E-state index in [1.54, 1.807) is 6.92 Å². The van der Waals surface area contributed by atoms with E-state index in [2.05, 4.69) is 4.74 Å². The van der Waals surface area contributed by atoms with Gasteiger partial charge in [-0.1, -0.05) is 13.8 Å². The molecule has 0 aliphatic heterocycles. The van der Waals surface area contributed by atoms with E-state index in [0.29, 0.717) is 6.42 Å². The number of carbonyl (C=O) groups excluding carboxylic acids is 1. The third-order valence-electron chi connectivity index (χ3n) is 2.72. The van der Waals surface area contributed by atoms with Gasteiger partial charge in [0.25, 0.3) is 0 Å². The Morgan fingerprint density at radius 3 is 2.27 bits per heavy atom. The monoisotopic (exact) mass is 218 g/mol. The highest BCUT2D eigenvalue weighted by atomic mass is 16.5. The Labute approximate surface area is 89.0 Å². The topological polar surface area (TPSA) is 83.8 Å². The van der Waals surface area contributed by atoms with Crippen molar-refractivity contribution < 1.29 is 24.5 Å². The predicted octanol–water partition coefficient (Wildman–Crippen LogP) is 0.659. The molecular formula is C10H18O5. The molecule has 0 bridgehead atoms. The van der Waals surface area contributed by atoms with Crippen LogP contribution in [-0.4, -0.2) is 35.9 Å². The minimum absolute atomic E-state index is 0.0853. The van der Waals surface area contributed by atoms with E-state index in [-0.39, 0.29) is 6.42 Å².